The van der Waals surface area contributed by atoms with Gasteiger partial charge in [0.15, 0.2) is 10.9 Å². The van der Waals surface area contributed by atoms with Gasteiger partial charge in [-0.2, -0.15) is 0 Å². The largest absolute Gasteiger partial charge is 0.358 e. The molecule has 3 N–H and O–H groups in total. The minimum absolute atomic E-state index is 0.490. The molecule has 2 aromatic rings. The zero-order chi connectivity index (χ0) is 13.5. The van der Waals surface area contributed by atoms with Gasteiger partial charge in [-0.15, -0.1) is 6.58 Å². The van der Waals surface area contributed by atoms with Gasteiger partial charge in [-0.05, 0) is 36.5 Å². The molecule has 0 atom stereocenters. The third-order valence-corrected chi connectivity index (χ3v) is 2.62. The first kappa shape index (κ1) is 13.1. The maximum atomic E-state index is 5.09. The molecule has 2 heterocycles. The van der Waals surface area contributed by atoms with Crippen molar-refractivity contribution in [3.05, 3.63) is 55.5 Å². The number of aromatic nitrogens is 2. The van der Waals surface area contributed by atoms with Crippen molar-refractivity contribution in [2.45, 2.75) is 0 Å². The minimum Gasteiger partial charge on any atom is -0.358 e. The molecule has 0 bridgehead atoms. The van der Waals surface area contributed by atoms with Crippen LogP contribution in [0.25, 0.3) is 5.69 Å². The van der Waals surface area contributed by atoms with Gasteiger partial charge in [-0.25, -0.2) is 4.98 Å². The van der Waals surface area contributed by atoms with Crippen molar-refractivity contribution in [1.29, 1.82) is 0 Å². The molecule has 0 amide bonds. The van der Waals surface area contributed by atoms with Crippen LogP contribution in [0.4, 0.5) is 5.82 Å². The predicted octanol–water partition coefficient (Wildman–Crippen LogP) is 1.85. The van der Waals surface area contributed by atoms with Crippen molar-refractivity contribution in [2.24, 2.45) is 0 Å². The summed E-state index contributed by atoms with van der Waals surface area (Å²) in [6.45, 7) is 4.22. The molecular weight excluding hydrogens is 258 g/mol. The first-order valence-corrected chi connectivity index (χ1v) is 6.21. The van der Waals surface area contributed by atoms with E-state index in [2.05, 4.69) is 27.7 Å². The minimum atomic E-state index is 0.490. The average Bonchev–Trinajstić information content (AvgIpc) is 2.97. The van der Waals surface area contributed by atoms with Crippen LogP contribution < -0.4 is 16.2 Å². The van der Waals surface area contributed by atoms with Crippen LogP contribution in [-0.4, -0.2) is 21.2 Å². The fourth-order valence-electron chi connectivity index (χ4n) is 1.52. The van der Waals surface area contributed by atoms with Crippen molar-refractivity contribution in [3.8, 4) is 5.69 Å². The van der Waals surface area contributed by atoms with Crippen LogP contribution in [0.1, 0.15) is 0 Å². The van der Waals surface area contributed by atoms with Gasteiger partial charge in [-0.1, -0.05) is 6.08 Å². The summed E-state index contributed by atoms with van der Waals surface area (Å²) >= 11 is 5.09. The van der Waals surface area contributed by atoms with Gasteiger partial charge >= 0.3 is 0 Å². The van der Waals surface area contributed by atoms with Crippen LogP contribution in [0.5, 0.6) is 0 Å². The summed E-state index contributed by atoms with van der Waals surface area (Å²) in [5.41, 5.74) is 6.81. The Labute approximate surface area is 117 Å². The van der Waals surface area contributed by atoms with Gasteiger partial charge in [0.05, 0.1) is 5.69 Å². The lowest BCUT2D eigenvalue weighted by Gasteiger charge is -2.14. The fourth-order valence-corrected chi connectivity index (χ4v) is 1.66. The maximum Gasteiger partial charge on any atom is 0.185 e. The molecule has 0 spiro atoms. The van der Waals surface area contributed by atoms with Gasteiger partial charge in [-0.3, -0.25) is 10.9 Å². The lowest BCUT2D eigenvalue weighted by molar-refractivity contribution is 0.960. The summed E-state index contributed by atoms with van der Waals surface area (Å²) < 4.78 is 1.97. The van der Waals surface area contributed by atoms with Crippen LogP contribution in [0.3, 0.4) is 0 Å². The zero-order valence-electron chi connectivity index (χ0n) is 10.3. The van der Waals surface area contributed by atoms with Gasteiger partial charge < -0.3 is 9.88 Å². The third-order valence-electron chi connectivity index (χ3n) is 2.37. The SMILES string of the molecule is C=CCNC(=S)NNc1ncccc1-n1cccc1. The summed E-state index contributed by atoms with van der Waals surface area (Å²) in [5.74, 6) is 0.696. The number of nitrogens with one attached hydrogen (secondary N) is 3. The third kappa shape index (κ3) is 3.56. The second-order valence-electron chi connectivity index (χ2n) is 3.71. The number of pyridine rings is 1. The van der Waals surface area contributed by atoms with Crippen LogP contribution in [0, 0.1) is 0 Å². The Morgan fingerprint density at radius 2 is 2.16 bits per heavy atom. The van der Waals surface area contributed by atoms with Crippen LogP contribution in [0.2, 0.25) is 0 Å². The molecule has 0 aliphatic carbocycles. The first-order chi connectivity index (χ1) is 9.31. The van der Waals surface area contributed by atoms with E-state index in [0.717, 1.165) is 5.69 Å². The smallest absolute Gasteiger partial charge is 0.185 e. The molecule has 0 saturated heterocycles. The number of hydrazine groups is 1. The highest BCUT2D eigenvalue weighted by atomic mass is 32.1. The Balaban J connectivity index is 2.05. The van der Waals surface area contributed by atoms with E-state index < -0.39 is 0 Å². The Hall–Kier alpha value is -2.34. The van der Waals surface area contributed by atoms with Crippen molar-refractivity contribution in [3.63, 3.8) is 0 Å². The standard InChI is InChI=1S/C13H15N5S/c1-2-7-15-13(19)17-16-12-11(6-5-8-14-12)18-9-3-4-10-18/h2-6,8-10H,1,7H2,(H,14,16)(H2,15,17,19). The van der Waals surface area contributed by atoms with Gasteiger partial charge in [0.25, 0.3) is 0 Å². The molecule has 2 rings (SSSR count). The first-order valence-electron chi connectivity index (χ1n) is 5.80. The molecule has 19 heavy (non-hydrogen) atoms. The molecule has 2 aromatic heterocycles. The summed E-state index contributed by atoms with van der Waals surface area (Å²) in [4.78, 5) is 4.28. The van der Waals surface area contributed by atoms with Crippen LogP contribution in [-0.2, 0) is 0 Å². The quantitative estimate of drug-likeness (QED) is 0.441. The summed E-state index contributed by atoms with van der Waals surface area (Å²) in [6.07, 6.45) is 7.37. The van der Waals surface area contributed by atoms with E-state index in [0.29, 0.717) is 17.5 Å². The second kappa shape index (κ2) is 6.55. The summed E-state index contributed by atoms with van der Waals surface area (Å²) in [7, 11) is 0. The van der Waals surface area contributed by atoms with E-state index in [1.165, 1.54) is 0 Å². The Morgan fingerprint density at radius 1 is 1.37 bits per heavy atom. The van der Waals surface area contributed by atoms with Crippen LogP contribution >= 0.6 is 12.2 Å². The number of hydrogen-bond donors (Lipinski definition) is 3. The van der Waals surface area contributed by atoms with E-state index >= 15 is 0 Å². The van der Waals surface area contributed by atoms with Crippen molar-refractivity contribution in [1.82, 2.24) is 20.3 Å². The fraction of sp³-hybridized carbons (Fsp3) is 0.0769. The highest BCUT2D eigenvalue weighted by molar-refractivity contribution is 7.80. The molecule has 0 unspecified atom stereocenters. The highest BCUT2D eigenvalue weighted by Crippen LogP contribution is 2.15. The molecular formula is C13H15N5S. The van der Waals surface area contributed by atoms with Crippen LogP contribution in [0.15, 0.2) is 55.5 Å². The topological polar surface area (TPSA) is 53.9 Å². The van der Waals surface area contributed by atoms with E-state index in [-0.39, 0.29) is 0 Å². The molecule has 0 aliphatic heterocycles. The number of thiocarbonyl (C=S) groups is 1. The lowest BCUT2D eigenvalue weighted by atomic mass is 10.4. The van der Waals surface area contributed by atoms with Crippen molar-refractivity contribution < 1.29 is 0 Å². The molecule has 6 heteroatoms. The highest BCUT2D eigenvalue weighted by Gasteiger charge is 2.04. The number of hydrogen-bond acceptors (Lipinski definition) is 3. The Morgan fingerprint density at radius 3 is 2.89 bits per heavy atom. The summed E-state index contributed by atoms with van der Waals surface area (Å²) in [6, 6.07) is 7.77. The Bertz CT molecular complexity index is 550. The Kier molecular flexibility index (Phi) is 4.52. The molecule has 0 aliphatic rings. The molecule has 0 fully saturated rings. The number of rotatable bonds is 5. The number of anilines is 1. The molecule has 0 radical (unpaired) electrons. The normalized spacial score (nSPS) is 9.68. The van der Waals surface area contributed by atoms with E-state index in [1.807, 2.05) is 41.2 Å². The molecule has 0 saturated carbocycles. The zero-order valence-corrected chi connectivity index (χ0v) is 11.2. The van der Waals surface area contributed by atoms with Crippen molar-refractivity contribution in [2.75, 3.05) is 12.0 Å². The second-order valence-corrected chi connectivity index (χ2v) is 4.12. The molecule has 5 nitrogen and oxygen atoms in total. The van der Waals surface area contributed by atoms with E-state index in [9.17, 15) is 0 Å². The molecule has 98 valence electrons. The summed E-state index contributed by atoms with van der Waals surface area (Å²) in [5, 5.41) is 3.45. The average molecular weight is 273 g/mol. The van der Waals surface area contributed by atoms with Gasteiger partial charge in [0.2, 0.25) is 0 Å². The lowest BCUT2D eigenvalue weighted by Crippen LogP contribution is -2.39. The maximum absolute atomic E-state index is 5.09. The molecule has 0 aromatic carbocycles. The van der Waals surface area contributed by atoms with Gasteiger partial charge in [0.1, 0.15) is 0 Å². The monoisotopic (exact) mass is 273 g/mol. The van der Waals surface area contributed by atoms with E-state index in [4.69, 9.17) is 12.2 Å². The van der Waals surface area contributed by atoms with E-state index in [1.54, 1.807) is 12.3 Å². The predicted molar refractivity (Wildman–Crippen MR) is 81.1 cm³/mol. The van der Waals surface area contributed by atoms with Crippen molar-refractivity contribution >= 4 is 23.1 Å². The number of nitrogens with zero attached hydrogens (tertiary/aromatic N) is 2. The van der Waals surface area contributed by atoms with Gasteiger partial charge in [0, 0.05) is 25.1 Å².